The number of rotatable bonds is 18. The molecule has 2 fully saturated rings. The van der Waals surface area contributed by atoms with Crippen LogP contribution < -0.4 is 27.0 Å². The average Bonchev–Trinajstić information content (AvgIpc) is 4.02. The molecule has 3 aromatic rings. The number of nitrogens with one attached hydrogen (secondary N) is 5. The summed E-state index contributed by atoms with van der Waals surface area (Å²) in [7, 11) is 0. The van der Waals surface area contributed by atoms with Gasteiger partial charge in [-0.2, -0.15) is 0 Å². The first-order chi connectivity index (χ1) is 29.8. The Bertz CT molecular complexity index is 2070. The van der Waals surface area contributed by atoms with Gasteiger partial charge >= 0.3 is 12.1 Å². The molecular weight excluding hydrogens is 793 g/mol. The maximum absolute atomic E-state index is 14.3. The van der Waals surface area contributed by atoms with Crippen molar-refractivity contribution in [2.45, 2.75) is 101 Å². The summed E-state index contributed by atoms with van der Waals surface area (Å²) in [5.74, 6) is -3.93. The number of carboxylic acid groups (broad SMARTS) is 1. The first-order valence-electron chi connectivity index (χ1n) is 21.5. The Morgan fingerprint density at radius 1 is 0.774 bits per heavy atom. The van der Waals surface area contributed by atoms with Crippen LogP contribution in [-0.2, 0) is 35.1 Å². The van der Waals surface area contributed by atoms with Gasteiger partial charge in [0.15, 0.2) is 5.96 Å². The molecule has 0 unspecified atom stereocenters. The lowest BCUT2D eigenvalue weighted by molar-refractivity contribution is -0.143. The number of guanidine groups is 1. The van der Waals surface area contributed by atoms with E-state index in [9.17, 15) is 33.9 Å². The molecule has 16 heteroatoms. The van der Waals surface area contributed by atoms with Crippen LogP contribution in [0.3, 0.4) is 0 Å². The van der Waals surface area contributed by atoms with Crippen LogP contribution in [0.4, 0.5) is 4.79 Å². The lowest BCUT2D eigenvalue weighted by Gasteiger charge is -2.31. The molecule has 5 amide bonds. The van der Waals surface area contributed by atoms with Crippen molar-refractivity contribution in [1.82, 2.24) is 31.1 Å². The smallest absolute Gasteiger partial charge is 0.410 e. The van der Waals surface area contributed by atoms with Crippen molar-refractivity contribution in [3.63, 3.8) is 0 Å². The first-order valence-corrected chi connectivity index (χ1v) is 21.5. The lowest BCUT2D eigenvalue weighted by atomic mass is 9.98. The number of amides is 5. The van der Waals surface area contributed by atoms with Crippen LogP contribution >= 0.6 is 0 Å². The van der Waals surface area contributed by atoms with Crippen molar-refractivity contribution in [1.29, 1.82) is 5.41 Å². The van der Waals surface area contributed by atoms with Gasteiger partial charge in [0, 0.05) is 32.0 Å². The van der Waals surface area contributed by atoms with Crippen molar-refractivity contribution in [3.8, 4) is 11.1 Å². The number of carbonyl (C=O) groups is 6. The molecule has 0 aromatic heterocycles. The Kier molecular flexibility index (Phi) is 15.2. The van der Waals surface area contributed by atoms with Crippen LogP contribution in [0.1, 0.15) is 81.4 Å². The van der Waals surface area contributed by atoms with Crippen molar-refractivity contribution in [2.75, 3.05) is 26.2 Å². The van der Waals surface area contributed by atoms with E-state index in [0.29, 0.717) is 45.2 Å². The van der Waals surface area contributed by atoms with Crippen molar-refractivity contribution >= 4 is 41.7 Å². The quantitative estimate of drug-likeness (QED) is 0.0559. The molecule has 16 nitrogen and oxygen atoms in total. The van der Waals surface area contributed by atoms with Crippen molar-refractivity contribution < 1.29 is 38.6 Å². The normalized spacial score (nSPS) is 18.2. The standard InChI is InChI=1S/C46H58N8O8/c1-28(2)25-36(40(55)50-35(44(59)60)19-10-22-49-45(47)48)51-41(56)37(26-29-13-4-3-5-14-29)52-42(57)38-20-11-23-53(38)43(58)39-21-12-24-54(39)46(61)62-27-34-32-17-8-6-15-30(32)31-16-7-9-18-33(31)34/h3-9,13-18,28,34-39H,10-12,19-27H2,1-2H3,(H,50,55)(H,51,56)(H,52,57)(H,59,60)(H4,47,48,49)/t35-,36-,37-,38-,39-/m0/s1. The zero-order valence-corrected chi connectivity index (χ0v) is 35.3. The molecule has 6 rings (SSSR count). The molecule has 3 aliphatic rings. The van der Waals surface area contributed by atoms with Crippen molar-refractivity contribution in [3.05, 3.63) is 95.6 Å². The lowest BCUT2D eigenvalue weighted by Crippen LogP contribution is -2.59. The summed E-state index contributed by atoms with van der Waals surface area (Å²) in [6, 6.07) is 20.0. The maximum atomic E-state index is 14.3. The molecule has 0 saturated carbocycles. The summed E-state index contributed by atoms with van der Waals surface area (Å²) in [5, 5.41) is 27.9. The number of fused-ring (bicyclic) bond motifs is 3. The highest BCUT2D eigenvalue weighted by atomic mass is 16.6. The van der Waals surface area contributed by atoms with E-state index in [1.807, 2.05) is 68.4 Å². The average molecular weight is 851 g/mol. The summed E-state index contributed by atoms with van der Waals surface area (Å²) >= 11 is 0. The fourth-order valence-corrected chi connectivity index (χ4v) is 8.77. The monoisotopic (exact) mass is 850 g/mol. The number of hydrogen-bond donors (Lipinski definition) is 7. The van der Waals surface area contributed by atoms with Gasteiger partial charge < -0.3 is 41.7 Å². The molecule has 2 heterocycles. The highest BCUT2D eigenvalue weighted by molar-refractivity contribution is 5.96. The molecule has 62 heavy (non-hydrogen) atoms. The second-order valence-electron chi connectivity index (χ2n) is 16.7. The number of carboxylic acids is 1. The minimum atomic E-state index is -1.26. The van der Waals surface area contributed by atoms with Gasteiger partial charge in [0.25, 0.3) is 0 Å². The van der Waals surface area contributed by atoms with E-state index in [2.05, 4.69) is 33.4 Å². The van der Waals surface area contributed by atoms with Gasteiger partial charge in [-0.1, -0.05) is 92.7 Å². The van der Waals surface area contributed by atoms with Crippen LogP contribution in [0.2, 0.25) is 0 Å². The van der Waals surface area contributed by atoms with Crippen LogP contribution in [0.5, 0.6) is 0 Å². The van der Waals surface area contributed by atoms with Gasteiger partial charge in [-0.25, -0.2) is 9.59 Å². The number of ether oxygens (including phenoxy) is 1. The second-order valence-corrected chi connectivity index (χ2v) is 16.7. The van der Waals surface area contributed by atoms with E-state index in [1.54, 1.807) is 12.1 Å². The van der Waals surface area contributed by atoms with E-state index in [0.717, 1.165) is 27.8 Å². The third-order valence-corrected chi connectivity index (χ3v) is 11.8. The summed E-state index contributed by atoms with van der Waals surface area (Å²) in [6.07, 6.45) is 1.96. The molecule has 3 aromatic carbocycles. The number of likely N-dealkylation sites (tertiary alicyclic amines) is 2. The first kappa shape index (κ1) is 45.1. The summed E-state index contributed by atoms with van der Waals surface area (Å²) in [5.41, 5.74) is 10.4. The largest absolute Gasteiger partial charge is 0.480 e. The number of nitrogens with zero attached hydrogens (tertiary/aromatic N) is 2. The molecule has 8 N–H and O–H groups in total. The second kappa shape index (κ2) is 20.9. The number of benzene rings is 3. The number of carbonyl (C=O) groups excluding carboxylic acids is 5. The van der Waals surface area contributed by atoms with Gasteiger partial charge in [-0.15, -0.1) is 0 Å². The molecule has 2 saturated heterocycles. The molecule has 5 atom stereocenters. The summed E-state index contributed by atoms with van der Waals surface area (Å²) < 4.78 is 5.93. The van der Waals surface area contributed by atoms with Crippen LogP contribution in [-0.4, -0.2) is 113 Å². The van der Waals surface area contributed by atoms with Crippen LogP contribution in [0, 0.1) is 11.3 Å². The Labute approximate surface area is 361 Å². The Balaban J connectivity index is 1.11. The SMILES string of the molecule is CC(C)C[C@H](NC(=O)[C@H](Cc1ccccc1)NC(=O)[C@@H]1CCCN1C(=O)[C@@H]1CCCN1C(=O)OCC1c2ccccc2-c2ccccc21)C(=O)N[C@@H](CCCNC(=N)N)C(=O)O. The van der Waals surface area contributed by atoms with Gasteiger partial charge in [0.1, 0.15) is 36.8 Å². The van der Waals surface area contributed by atoms with Gasteiger partial charge in [0.05, 0.1) is 0 Å². The third kappa shape index (κ3) is 11.1. The molecule has 0 spiro atoms. The Morgan fingerprint density at radius 3 is 1.98 bits per heavy atom. The fraction of sp³-hybridized carbons (Fsp3) is 0.457. The topological polar surface area (TPSA) is 236 Å². The van der Waals surface area contributed by atoms with Crippen LogP contribution in [0.25, 0.3) is 11.1 Å². The van der Waals surface area contributed by atoms with E-state index < -0.39 is 60.0 Å². The van der Waals surface area contributed by atoms with E-state index in [-0.39, 0.29) is 56.1 Å². The van der Waals surface area contributed by atoms with E-state index >= 15 is 0 Å². The Hall–Kier alpha value is -6.45. The zero-order chi connectivity index (χ0) is 44.3. The van der Waals surface area contributed by atoms with Crippen molar-refractivity contribution in [2.24, 2.45) is 11.7 Å². The maximum Gasteiger partial charge on any atom is 0.410 e. The highest BCUT2D eigenvalue weighted by Gasteiger charge is 2.44. The molecule has 330 valence electrons. The number of nitrogens with two attached hydrogens (primary N) is 1. The molecule has 2 aliphatic heterocycles. The van der Waals surface area contributed by atoms with Crippen LogP contribution in [0.15, 0.2) is 78.9 Å². The van der Waals surface area contributed by atoms with E-state index in [4.69, 9.17) is 15.9 Å². The van der Waals surface area contributed by atoms with Gasteiger partial charge in [-0.05, 0) is 78.7 Å². The molecule has 1 aliphatic carbocycles. The number of hydrogen-bond acceptors (Lipinski definition) is 8. The minimum absolute atomic E-state index is 0.0529. The third-order valence-electron chi connectivity index (χ3n) is 11.8. The fourth-order valence-electron chi connectivity index (χ4n) is 8.77. The summed E-state index contributed by atoms with van der Waals surface area (Å²) in [4.78, 5) is 84.8. The highest BCUT2D eigenvalue weighted by Crippen LogP contribution is 2.44. The molecular formula is C46H58N8O8. The van der Waals surface area contributed by atoms with Gasteiger partial charge in [0.2, 0.25) is 23.6 Å². The number of aliphatic carboxylic acids is 1. The predicted molar refractivity (Wildman–Crippen MR) is 232 cm³/mol. The summed E-state index contributed by atoms with van der Waals surface area (Å²) in [6.45, 7) is 4.72. The molecule has 0 radical (unpaired) electrons. The Morgan fingerprint density at radius 2 is 1.35 bits per heavy atom. The molecule has 0 bridgehead atoms. The van der Waals surface area contributed by atoms with E-state index in [1.165, 1.54) is 9.80 Å². The zero-order valence-electron chi connectivity index (χ0n) is 35.3. The predicted octanol–water partition coefficient (Wildman–Crippen LogP) is 3.48. The minimum Gasteiger partial charge on any atom is -0.480 e. The van der Waals surface area contributed by atoms with Gasteiger partial charge in [-0.3, -0.25) is 29.5 Å².